The summed E-state index contributed by atoms with van der Waals surface area (Å²) in [6, 6.07) is 13.4. The zero-order valence-corrected chi connectivity index (χ0v) is 20.9. The Labute approximate surface area is 213 Å². The average molecular weight is 589 g/mol. The van der Waals surface area contributed by atoms with Gasteiger partial charge in [0.25, 0.3) is 5.91 Å². The number of carbonyl (C=O) groups excluding carboxylic acids is 2. The molecule has 1 heterocycles. The van der Waals surface area contributed by atoms with Crippen molar-refractivity contribution in [3.63, 3.8) is 0 Å². The zero-order valence-electron chi connectivity index (χ0n) is 18.8. The molecular formula is C26H19F3IN3O2. The van der Waals surface area contributed by atoms with E-state index in [-0.39, 0.29) is 18.0 Å². The predicted octanol–water partition coefficient (Wildman–Crippen LogP) is 5.33. The number of fused-ring (bicyclic) bond motifs is 1. The van der Waals surface area contributed by atoms with Gasteiger partial charge in [0.2, 0.25) is 5.91 Å². The Kier molecular flexibility index (Phi) is 6.60. The Morgan fingerprint density at radius 2 is 1.77 bits per heavy atom. The van der Waals surface area contributed by atoms with Crippen molar-refractivity contribution in [2.45, 2.75) is 32.4 Å². The topological polar surface area (TPSA) is 73.2 Å². The molecule has 1 aliphatic heterocycles. The molecule has 0 atom stereocenters. The summed E-state index contributed by atoms with van der Waals surface area (Å²) in [5.41, 5.74) is 1.27. The van der Waals surface area contributed by atoms with Crippen LogP contribution in [-0.4, -0.2) is 11.8 Å². The van der Waals surface area contributed by atoms with Gasteiger partial charge in [-0.3, -0.25) is 9.59 Å². The van der Waals surface area contributed by atoms with Gasteiger partial charge in [-0.15, -0.1) is 0 Å². The number of rotatable bonds is 5. The normalized spacial score (nSPS) is 14.0. The second-order valence-electron chi connectivity index (χ2n) is 8.67. The molecule has 178 valence electrons. The van der Waals surface area contributed by atoms with Crippen molar-refractivity contribution in [2.24, 2.45) is 0 Å². The van der Waals surface area contributed by atoms with Gasteiger partial charge in [0.15, 0.2) is 0 Å². The van der Waals surface area contributed by atoms with Gasteiger partial charge in [0.1, 0.15) is 17.5 Å². The van der Waals surface area contributed by atoms with Gasteiger partial charge in [0, 0.05) is 38.9 Å². The summed E-state index contributed by atoms with van der Waals surface area (Å²) in [6.45, 7) is 3.26. The van der Waals surface area contributed by atoms with E-state index in [0.717, 1.165) is 5.56 Å². The molecule has 5 nitrogen and oxygen atoms in total. The quantitative estimate of drug-likeness (QED) is 0.409. The molecule has 3 aromatic rings. The second kappa shape index (κ2) is 9.34. The predicted molar refractivity (Wildman–Crippen MR) is 132 cm³/mol. The number of halogens is 4. The highest BCUT2D eigenvalue weighted by Crippen LogP contribution is 2.45. The van der Waals surface area contributed by atoms with Crippen LogP contribution in [0, 0.1) is 32.4 Å². The summed E-state index contributed by atoms with van der Waals surface area (Å²) in [6.07, 6.45) is 0. The Bertz CT molecular complexity index is 1390. The first-order valence-electron chi connectivity index (χ1n) is 10.6. The number of nitrogens with zero attached hydrogens (tertiary/aromatic N) is 2. The zero-order chi connectivity index (χ0) is 25.5. The maximum Gasteiger partial charge on any atom is 0.251 e. The molecule has 0 saturated carbocycles. The molecule has 4 rings (SSSR count). The van der Waals surface area contributed by atoms with Gasteiger partial charge in [-0.25, -0.2) is 13.2 Å². The lowest BCUT2D eigenvalue weighted by molar-refractivity contribution is -0.122. The van der Waals surface area contributed by atoms with Crippen molar-refractivity contribution in [3.8, 4) is 6.07 Å². The largest absolute Gasteiger partial charge is 0.348 e. The van der Waals surface area contributed by atoms with Crippen LogP contribution in [0.2, 0.25) is 0 Å². The Hall–Kier alpha value is -3.39. The number of nitrogens with one attached hydrogen (secondary N) is 1. The fourth-order valence-corrected chi connectivity index (χ4v) is 5.50. The lowest BCUT2D eigenvalue weighted by Crippen LogP contribution is -2.36. The van der Waals surface area contributed by atoms with Gasteiger partial charge in [-0.1, -0.05) is 18.2 Å². The fourth-order valence-electron chi connectivity index (χ4n) is 4.21. The summed E-state index contributed by atoms with van der Waals surface area (Å²) in [5, 5.41) is 11.9. The number of anilines is 1. The van der Waals surface area contributed by atoms with E-state index in [0.29, 0.717) is 32.5 Å². The van der Waals surface area contributed by atoms with Gasteiger partial charge >= 0.3 is 0 Å². The van der Waals surface area contributed by atoms with E-state index in [2.05, 4.69) is 34.0 Å². The third kappa shape index (κ3) is 4.50. The van der Waals surface area contributed by atoms with Crippen molar-refractivity contribution in [1.82, 2.24) is 5.32 Å². The van der Waals surface area contributed by atoms with Gasteiger partial charge < -0.3 is 10.2 Å². The molecule has 2 amide bonds. The van der Waals surface area contributed by atoms with Crippen molar-refractivity contribution < 1.29 is 22.8 Å². The number of carbonyl (C=O) groups is 2. The molecule has 3 aromatic carbocycles. The minimum Gasteiger partial charge on any atom is -0.348 e. The molecule has 0 aromatic heterocycles. The summed E-state index contributed by atoms with van der Waals surface area (Å²) in [7, 11) is 0. The van der Waals surface area contributed by atoms with Crippen LogP contribution in [0.1, 0.15) is 46.5 Å². The van der Waals surface area contributed by atoms with Crippen LogP contribution in [0.5, 0.6) is 0 Å². The summed E-state index contributed by atoms with van der Waals surface area (Å²) < 4.78 is 41.8. The lowest BCUT2D eigenvalue weighted by atomic mass is 9.86. The highest BCUT2D eigenvalue weighted by Gasteiger charge is 2.45. The van der Waals surface area contributed by atoms with E-state index < -0.39 is 40.9 Å². The first kappa shape index (κ1) is 24.7. The van der Waals surface area contributed by atoms with E-state index >= 15 is 0 Å². The van der Waals surface area contributed by atoms with E-state index in [4.69, 9.17) is 0 Å². The SMILES string of the molecule is CC1(C)C(=O)N(Cc2ccccc2C#N)c2cc(C(=O)NCc3c(F)cc(F)cc3F)cc(I)c21. The van der Waals surface area contributed by atoms with Crippen molar-refractivity contribution in [3.05, 3.63) is 97.4 Å². The minimum atomic E-state index is -1.10. The van der Waals surface area contributed by atoms with Crippen molar-refractivity contribution in [1.29, 1.82) is 5.26 Å². The maximum atomic E-state index is 14.0. The Balaban J connectivity index is 1.67. The second-order valence-corrected chi connectivity index (χ2v) is 9.83. The van der Waals surface area contributed by atoms with Gasteiger partial charge in [-0.05, 0) is 60.2 Å². The van der Waals surface area contributed by atoms with Crippen molar-refractivity contribution >= 4 is 40.1 Å². The summed E-state index contributed by atoms with van der Waals surface area (Å²) in [4.78, 5) is 27.8. The molecule has 0 radical (unpaired) electrons. The molecule has 1 aliphatic rings. The van der Waals surface area contributed by atoms with Crippen LogP contribution >= 0.6 is 22.6 Å². The molecule has 0 aliphatic carbocycles. The van der Waals surface area contributed by atoms with E-state index in [1.54, 1.807) is 55.1 Å². The molecular weight excluding hydrogens is 570 g/mol. The van der Waals surface area contributed by atoms with Crippen LogP contribution in [0.25, 0.3) is 0 Å². The van der Waals surface area contributed by atoms with Crippen LogP contribution in [0.3, 0.4) is 0 Å². The van der Waals surface area contributed by atoms with Crippen LogP contribution < -0.4 is 10.2 Å². The van der Waals surface area contributed by atoms with Gasteiger partial charge in [0.05, 0.1) is 29.3 Å². The molecule has 0 unspecified atom stereocenters. The average Bonchev–Trinajstić information content (AvgIpc) is 2.99. The third-order valence-corrected chi connectivity index (χ3v) is 6.88. The molecule has 1 N–H and O–H groups in total. The molecule has 35 heavy (non-hydrogen) atoms. The van der Waals surface area contributed by atoms with Crippen LogP contribution in [0.15, 0.2) is 48.5 Å². The third-order valence-electron chi connectivity index (χ3n) is 6.03. The Morgan fingerprint density at radius 1 is 1.11 bits per heavy atom. The first-order chi connectivity index (χ1) is 16.5. The summed E-state index contributed by atoms with van der Waals surface area (Å²) >= 11 is 2.06. The molecule has 9 heteroatoms. The number of hydrogen-bond donors (Lipinski definition) is 1. The van der Waals surface area contributed by atoms with Crippen LogP contribution in [-0.2, 0) is 23.3 Å². The maximum absolute atomic E-state index is 14.0. The number of amides is 2. The lowest BCUT2D eigenvalue weighted by Gasteiger charge is -2.21. The highest BCUT2D eigenvalue weighted by atomic mass is 127. The van der Waals surface area contributed by atoms with E-state index in [1.165, 1.54) is 0 Å². The number of benzene rings is 3. The van der Waals surface area contributed by atoms with E-state index in [1.807, 2.05) is 0 Å². The molecule has 0 spiro atoms. The smallest absolute Gasteiger partial charge is 0.251 e. The number of hydrogen-bond acceptors (Lipinski definition) is 3. The monoisotopic (exact) mass is 589 g/mol. The first-order valence-corrected chi connectivity index (χ1v) is 11.7. The highest BCUT2D eigenvalue weighted by molar-refractivity contribution is 14.1. The fraction of sp³-hybridized carbons (Fsp3) is 0.192. The van der Waals surface area contributed by atoms with Crippen LogP contribution in [0.4, 0.5) is 18.9 Å². The molecule has 0 saturated heterocycles. The Morgan fingerprint density at radius 3 is 2.43 bits per heavy atom. The van der Waals surface area contributed by atoms with Gasteiger partial charge in [-0.2, -0.15) is 5.26 Å². The standard InChI is InChI=1S/C26H19F3IN3O2/c1-26(2)23-21(30)7-16(24(34)32-12-18-19(28)9-17(27)10-20(18)29)8-22(23)33(25(26)35)13-15-6-4-3-5-14(15)11-31/h3-10H,12-13H2,1-2H3,(H,32,34). The summed E-state index contributed by atoms with van der Waals surface area (Å²) in [5.74, 6) is -4.02. The van der Waals surface area contributed by atoms with Crippen molar-refractivity contribution in [2.75, 3.05) is 4.90 Å². The number of nitriles is 1. The molecule has 0 fully saturated rings. The minimum absolute atomic E-state index is 0.145. The van der Waals surface area contributed by atoms with E-state index in [9.17, 15) is 28.0 Å². The molecule has 0 bridgehead atoms.